The molecule has 0 radical (unpaired) electrons. The van der Waals surface area contributed by atoms with Crippen LogP contribution in [0.5, 0.6) is 0 Å². The van der Waals surface area contributed by atoms with Gasteiger partial charge in [0.05, 0.1) is 6.10 Å². The summed E-state index contributed by atoms with van der Waals surface area (Å²) in [6, 6.07) is 10.8. The van der Waals surface area contributed by atoms with E-state index in [1.807, 2.05) is 4.90 Å². The summed E-state index contributed by atoms with van der Waals surface area (Å²) in [5.74, 6) is 3.66. The standard InChI is InChI=1S/C23H31NO2/c25-21-14-24(15-21)22(26)13-23(7-6-16-4-2-1-3-5-16)19-9-17-8-18(11-19)12-20(23)10-17/h1-5,17-21,25H,6-15H2. The van der Waals surface area contributed by atoms with E-state index >= 15 is 0 Å². The topological polar surface area (TPSA) is 40.5 Å². The third-order valence-electron chi connectivity index (χ3n) is 8.18. The van der Waals surface area contributed by atoms with E-state index in [1.54, 1.807) is 0 Å². The van der Waals surface area contributed by atoms with Gasteiger partial charge in [-0.05, 0) is 79.6 Å². The number of β-amino-alcohol motifs (C(OH)–C–C–N with tert-alkyl or cyclic N) is 1. The highest BCUT2D eigenvalue weighted by atomic mass is 16.3. The molecule has 4 saturated carbocycles. The number of benzene rings is 1. The van der Waals surface area contributed by atoms with Crippen LogP contribution in [0.3, 0.4) is 0 Å². The minimum Gasteiger partial charge on any atom is -0.389 e. The summed E-state index contributed by atoms with van der Waals surface area (Å²) < 4.78 is 0. The van der Waals surface area contributed by atoms with Gasteiger partial charge >= 0.3 is 0 Å². The van der Waals surface area contributed by atoms with Gasteiger partial charge in [0.25, 0.3) is 0 Å². The van der Waals surface area contributed by atoms with Gasteiger partial charge in [0.1, 0.15) is 0 Å². The van der Waals surface area contributed by atoms with Crippen LogP contribution in [0.1, 0.15) is 50.5 Å². The van der Waals surface area contributed by atoms with Crippen LogP contribution >= 0.6 is 0 Å². The van der Waals surface area contributed by atoms with Crippen molar-refractivity contribution in [1.82, 2.24) is 4.90 Å². The van der Waals surface area contributed by atoms with Gasteiger partial charge in [-0.15, -0.1) is 0 Å². The highest BCUT2D eigenvalue weighted by Gasteiger charge is 2.57. The molecule has 0 spiro atoms. The fourth-order valence-electron chi connectivity index (χ4n) is 6.98. The van der Waals surface area contributed by atoms with E-state index < -0.39 is 0 Å². The zero-order valence-corrected chi connectivity index (χ0v) is 15.6. The van der Waals surface area contributed by atoms with Crippen LogP contribution in [0.2, 0.25) is 0 Å². The number of aliphatic hydroxyl groups is 1. The number of likely N-dealkylation sites (tertiary alicyclic amines) is 1. The first-order valence-corrected chi connectivity index (χ1v) is 10.6. The van der Waals surface area contributed by atoms with Gasteiger partial charge in [-0.25, -0.2) is 0 Å². The Morgan fingerprint density at radius 3 is 2.19 bits per heavy atom. The van der Waals surface area contributed by atoms with Gasteiger partial charge in [-0.1, -0.05) is 30.3 Å². The van der Waals surface area contributed by atoms with E-state index in [1.165, 1.54) is 37.7 Å². The first-order valence-electron chi connectivity index (χ1n) is 10.6. The molecule has 1 amide bonds. The highest BCUT2D eigenvalue weighted by molar-refractivity contribution is 5.78. The van der Waals surface area contributed by atoms with Crippen molar-refractivity contribution in [1.29, 1.82) is 0 Å². The molecule has 4 aliphatic carbocycles. The number of hydrogen-bond acceptors (Lipinski definition) is 2. The Morgan fingerprint density at radius 2 is 1.62 bits per heavy atom. The number of aryl methyl sites for hydroxylation is 1. The maximum absolute atomic E-state index is 13.0. The summed E-state index contributed by atoms with van der Waals surface area (Å²) in [7, 11) is 0. The van der Waals surface area contributed by atoms with Gasteiger partial charge in [0.2, 0.25) is 5.91 Å². The molecule has 5 aliphatic rings. The van der Waals surface area contributed by atoms with Crippen molar-refractivity contribution in [3.63, 3.8) is 0 Å². The summed E-state index contributed by atoms with van der Waals surface area (Å²) in [6.45, 7) is 1.10. The van der Waals surface area contributed by atoms with Crippen LogP contribution in [-0.2, 0) is 11.2 Å². The Morgan fingerprint density at radius 1 is 1.00 bits per heavy atom. The van der Waals surface area contributed by atoms with Crippen LogP contribution in [0.15, 0.2) is 30.3 Å². The van der Waals surface area contributed by atoms with E-state index in [9.17, 15) is 9.90 Å². The lowest BCUT2D eigenvalue weighted by atomic mass is 9.43. The third-order valence-corrected chi connectivity index (χ3v) is 8.18. The molecule has 1 heterocycles. The SMILES string of the molecule is O=C(CC1(CCc2ccccc2)C2CC3CC(C2)CC1C3)N1CC(O)C1. The lowest BCUT2D eigenvalue weighted by Crippen LogP contribution is -2.58. The van der Waals surface area contributed by atoms with E-state index in [-0.39, 0.29) is 11.5 Å². The van der Waals surface area contributed by atoms with Crippen LogP contribution in [0, 0.1) is 29.1 Å². The predicted octanol–water partition coefficient (Wildman–Crippen LogP) is 3.65. The highest BCUT2D eigenvalue weighted by Crippen LogP contribution is 2.65. The molecule has 0 unspecified atom stereocenters. The number of hydrogen-bond donors (Lipinski definition) is 1. The Kier molecular flexibility index (Phi) is 4.11. The molecule has 4 bridgehead atoms. The minimum atomic E-state index is -0.294. The molecule has 3 nitrogen and oxygen atoms in total. The molecule has 1 saturated heterocycles. The number of rotatable bonds is 5. The predicted molar refractivity (Wildman–Crippen MR) is 101 cm³/mol. The van der Waals surface area contributed by atoms with Gasteiger partial charge in [0.15, 0.2) is 0 Å². The van der Waals surface area contributed by atoms with Crippen LogP contribution in [-0.4, -0.2) is 35.1 Å². The molecule has 140 valence electrons. The first-order chi connectivity index (χ1) is 12.6. The zero-order valence-electron chi connectivity index (χ0n) is 15.6. The van der Waals surface area contributed by atoms with Crippen molar-refractivity contribution >= 4 is 5.91 Å². The van der Waals surface area contributed by atoms with Gasteiger partial charge in [-0.2, -0.15) is 0 Å². The lowest BCUT2D eigenvalue weighted by molar-refractivity contribution is -0.158. The molecule has 26 heavy (non-hydrogen) atoms. The normalized spacial score (nSPS) is 38.4. The largest absolute Gasteiger partial charge is 0.389 e. The van der Waals surface area contributed by atoms with Crippen molar-refractivity contribution in [2.45, 2.75) is 57.5 Å². The average Bonchev–Trinajstić information content (AvgIpc) is 2.61. The fraction of sp³-hybridized carbons (Fsp3) is 0.696. The van der Waals surface area contributed by atoms with E-state index in [2.05, 4.69) is 30.3 Å². The maximum Gasteiger partial charge on any atom is 0.223 e. The Balaban J connectivity index is 1.38. The summed E-state index contributed by atoms with van der Waals surface area (Å²) in [5, 5.41) is 9.60. The molecule has 1 aromatic carbocycles. The molecule has 1 aromatic rings. The van der Waals surface area contributed by atoms with Crippen molar-refractivity contribution in [3.8, 4) is 0 Å². The van der Waals surface area contributed by atoms with Crippen molar-refractivity contribution in [2.75, 3.05) is 13.1 Å². The van der Waals surface area contributed by atoms with Crippen LogP contribution < -0.4 is 0 Å². The summed E-state index contributed by atoms with van der Waals surface area (Å²) >= 11 is 0. The van der Waals surface area contributed by atoms with E-state index in [4.69, 9.17) is 0 Å². The minimum absolute atomic E-state index is 0.209. The number of carbonyl (C=O) groups excluding carboxylic acids is 1. The molecule has 3 heteroatoms. The molecular weight excluding hydrogens is 322 g/mol. The van der Waals surface area contributed by atoms with Gasteiger partial charge in [0, 0.05) is 19.5 Å². The third kappa shape index (κ3) is 2.79. The molecule has 0 atom stereocenters. The summed E-state index contributed by atoms with van der Waals surface area (Å²) in [4.78, 5) is 14.9. The quantitative estimate of drug-likeness (QED) is 0.878. The molecule has 6 rings (SSSR count). The molecule has 0 aromatic heterocycles. The van der Waals surface area contributed by atoms with Crippen molar-refractivity contribution in [2.24, 2.45) is 29.1 Å². The fourth-order valence-corrected chi connectivity index (χ4v) is 6.98. The Hall–Kier alpha value is -1.35. The van der Waals surface area contributed by atoms with Crippen LogP contribution in [0.4, 0.5) is 0 Å². The monoisotopic (exact) mass is 353 g/mol. The molecular formula is C23H31NO2. The summed E-state index contributed by atoms with van der Waals surface area (Å²) in [6.07, 6.45) is 9.57. The Labute approximate surface area is 156 Å². The van der Waals surface area contributed by atoms with Gasteiger partial charge < -0.3 is 10.0 Å². The molecule has 1 aliphatic heterocycles. The second kappa shape index (κ2) is 6.37. The van der Waals surface area contributed by atoms with E-state index in [0.29, 0.717) is 19.0 Å². The summed E-state index contributed by atoms with van der Waals surface area (Å²) in [5.41, 5.74) is 1.62. The van der Waals surface area contributed by atoms with Crippen molar-refractivity contribution < 1.29 is 9.90 Å². The first kappa shape index (κ1) is 16.8. The maximum atomic E-state index is 13.0. The molecule has 1 N–H and O–H groups in total. The lowest BCUT2D eigenvalue weighted by Gasteiger charge is -2.62. The zero-order chi connectivity index (χ0) is 17.7. The second-order valence-electron chi connectivity index (χ2n) is 9.65. The smallest absolute Gasteiger partial charge is 0.223 e. The second-order valence-corrected chi connectivity index (χ2v) is 9.65. The number of nitrogens with zero attached hydrogens (tertiary/aromatic N) is 1. The number of aliphatic hydroxyl groups excluding tert-OH is 1. The molecule has 5 fully saturated rings. The Bertz CT molecular complexity index is 636. The van der Waals surface area contributed by atoms with E-state index in [0.717, 1.165) is 42.9 Å². The number of amides is 1. The van der Waals surface area contributed by atoms with Crippen LogP contribution in [0.25, 0.3) is 0 Å². The average molecular weight is 354 g/mol. The number of carbonyl (C=O) groups is 1. The van der Waals surface area contributed by atoms with Crippen molar-refractivity contribution in [3.05, 3.63) is 35.9 Å². The van der Waals surface area contributed by atoms with Gasteiger partial charge in [-0.3, -0.25) is 4.79 Å².